The summed E-state index contributed by atoms with van der Waals surface area (Å²) in [5.41, 5.74) is 2.40. The van der Waals surface area contributed by atoms with Crippen LogP contribution in [0.3, 0.4) is 0 Å². The molecule has 1 heterocycles. The molecule has 0 saturated carbocycles. The lowest BCUT2D eigenvalue weighted by Crippen LogP contribution is -1.96. The van der Waals surface area contributed by atoms with Crippen molar-refractivity contribution in [3.63, 3.8) is 0 Å². The van der Waals surface area contributed by atoms with Gasteiger partial charge in [0.05, 0.1) is 6.20 Å². The van der Waals surface area contributed by atoms with Gasteiger partial charge in [-0.1, -0.05) is 12.1 Å². The Morgan fingerprint density at radius 3 is 2.67 bits per heavy atom. The monoisotopic (exact) mass is 202 g/mol. The Labute approximate surface area is 89.3 Å². The molecule has 0 spiro atoms. The van der Waals surface area contributed by atoms with Crippen molar-refractivity contribution >= 4 is 0 Å². The number of benzene rings is 1. The molecule has 2 rings (SSSR count). The number of hydrogen-bond acceptors (Lipinski definition) is 2. The van der Waals surface area contributed by atoms with E-state index in [0.29, 0.717) is 0 Å². The summed E-state index contributed by atoms with van der Waals surface area (Å²) in [5, 5.41) is 4.06. The van der Waals surface area contributed by atoms with Crippen LogP contribution in [0.4, 0.5) is 0 Å². The summed E-state index contributed by atoms with van der Waals surface area (Å²) in [6.07, 6.45) is 1.72. The van der Waals surface area contributed by atoms with Crippen molar-refractivity contribution in [3.8, 4) is 11.6 Å². The Balaban J connectivity index is 2.33. The quantitative estimate of drug-likeness (QED) is 0.748. The van der Waals surface area contributed by atoms with Gasteiger partial charge < -0.3 is 4.74 Å². The highest BCUT2D eigenvalue weighted by Crippen LogP contribution is 2.25. The van der Waals surface area contributed by atoms with E-state index in [0.717, 1.165) is 11.6 Å². The molecular weight excluding hydrogens is 188 g/mol. The smallest absolute Gasteiger partial charge is 0.217 e. The third-order valence-corrected chi connectivity index (χ3v) is 2.55. The Morgan fingerprint density at radius 2 is 2.00 bits per heavy atom. The van der Waals surface area contributed by atoms with E-state index in [2.05, 4.69) is 25.0 Å². The largest absolute Gasteiger partial charge is 0.439 e. The number of rotatable bonds is 2. The first-order valence-corrected chi connectivity index (χ1v) is 4.90. The predicted octanol–water partition coefficient (Wildman–Crippen LogP) is 2.83. The van der Waals surface area contributed by atoms with Crippen LogP contribution < -0.4 is 4.74 Å². The molecule has 0 radical (unpaired) electrons. The second-order valence-electron chi connectivity index (χ2n) is 3.59. The fourth-order valence-corrected chi connectivity index (χ4v) is 1.41. The molecule has 78 valence electrons. The molecule has 0 saturated heterocycles. The molecule has 0 fully saturated rings. The number of aromatic nitrogens is 2. The molecule has 1 aromatic carbocycles. The van der Waals surface area contributed by atoms with E-state index < -0.39 is 0 Å². The van der Waals surface area contributed by atoms with Crippen molar-refractivity contribution in [2.45, 2.75) is 13.8 Å². The zero-order valence-electron chi connectivity index (χ0n) is 9.19. The predicted molar refractivity (Wildman–Crippen MR) is 59.2 cm³/mol. The summed E-state index contributed by atoms with van der Waals surface area (Å²) < 4.78 is 7.47. The maximum absolute atomic E-state index is 5.76. The molecular formula is C12H14N2O. The molecule has 0 aliphatic carbocycles. The second-order valence-corrected chi connectivity index (χ2v) is 3.59. The van der Waals surface area contributed by atoms with Crippen molar-refractivity contribution in [3.05, 3.63) is 41.6 Å². The van der Waals surface area contributed by atoms with Gasteiger partial charge in [0.1, 0.15) is 5.75 Å². The van der Waals surface area contributed by atoms with Crippen molar-refractivity contribution in [2.24, 2.45) is 7.05 Å². The van der Waals surface area contributed by atoms with E-state index in [4.69, 9.17) is 4.74 Å². The molecule has 0 N–H and O–H groups in total. The van der Waals surface area contributed by atoms with Gasteiger partial charge in [0.2, 0.25) is 5.88 Å². The molecule has 15 heavy (non-hydrogen) atoms. The van der Waals surface area contributed by atoms with Crippen LogP contribution in [0.15, 0.2) is 30.5 Å². The lowest BCUT2D eigenvalue weighted by Gasteiger charge is -2.09. The molecule has 0 amide bonds. The van der Waals surface area contributed by atoms with Gasteiger partial charge in [0.25, 0.3) is 0 Å². The molecule has 0 aliphatic rings. The van der Waals surface area contributed by atoms with Crippen LogP contribution in [0.25, 0.3) is 0 Å². The first kappa shape index (κ1) is 9.77. The van der Waals surface area contributed by atoms with Crippen LogP contribution in [-0.4, -0.2) is 9.78 Å². The van der Waals surface area contributed by atoms with Crippen LogP contribution in [0.1, 0.15) is 11.1 Å². The van der Waals surface area contributed by atoms with Gasteiger partial charge in [-0.3, -0.25) is 0 Å². The second kappa shape index (κ2) is 3.77. The summed E-state index contributed by atoms with van der Waals surface area (Å²) in [6.45, 7) is 4.13. The number of nitrogens with zero attached hydrogens (tertiary/aromatic N) is 2. The van der Waals surface area contributed by atoms with E-state index in [1.807, 2.05) is 25.2 Å². The third-order valence-electron chi connectivity index (χ3n) is 2.55. The van der Waals surface area contributed by atoms with Crippen LogP contribution in [0.2, 0.25) is 0 Å². The molecule has 0 bridgehead atoms. The standard InChI is InChI=1S/C12H14N2O/c1-9-5-4-6-11(10(9)2)15-12-7-8-13-14(12)3/h4-8H,1-3H3. The molecule has 0 atom stereocenters. The fraction of sp³-hybridized carbons (Fsp3) is 0.250. The van der Waals surface area contributed by atoms with E-state index in [9.17, 15) is 0 Å². The number of ether oxygens (including phenoxy) is 1. The lowest BCUT2D eigenvalue weighted by molar-refractivity contribution is 0.427. The highest BCUT2D eigenvalue weighted by atomic mass is 16.5. The molecule has 3 nitrogen and oxygen atoms in total. The minimum Gasteiger partial charge on any atom is -0.439 e. The number of hydrogen-bond donors (Lipinski definition) is 0. The first-order chi connectivity index (χ1) is 7.18. The summed E-state index contributed by atoms with van der Waals surface area (Å²) in [6, 6.07) is 7.89. The SMILES string of the molecule is Cc1cccc(Oc2ccnn2C)c1C. The maximum atomic E-state index is 5.76. The van der Waals surface area contributed by atoms with Gasteiger partial charge in [-0.15, -0.1) is 0 Å². The average Bonchev–Trinajstić information content (AvgIpc) is 2.60. The van der Waals surface area contributed by atoms with Crippen LogP contribution in [0.5, 0.6) is 11.6 Å². The third kappa shape index (κ3) is 1.86. The average molecular weight is 202 g/mol. The van der Waals surface area contributed by atoms with Crippen LogP contribution in [-0.2, 0) is 7.05 Å². The van der Waals surface area contributed by atoms with Gasteiger partial charge in [0.15, 0.2) is 0 Å². The van der Waals surface area contributed by atoms with Crippen molar-refractivity contribution in [1.29, 1.82) is 0 Å². The van der Waals surface area contributed by atoms with Crippen LogP contribution >= 0.6 is 0 Å². The van der Waals surface area contributed by atoms with Crippen molar-refractivity contribution in [1.82, 2.24) is 9.78 Å². The summed E-state index contributed by atoms with van der Waals surface area (Å²) in [7, 11) is 1.86. The van der Waals surface area contributed by atoms with Crippen molar-refractivity contribution < 1.29 is 4.74 Å². The van der Waals surface area contributed by atoms with Gasteiger partial charge in [-0.25, -0.2) is 4.68 Å². The summed E-state index contributed by atoms with van der Waals surface area (Å²) in [4.78, 5) is 0. The Bertz CT molecular complexity index is 474. The minimum atomic E-state index is 0.753. The van der Waals surface area contributed by atoms with E-state index in [1.165, 1.54) is 11.1 Å². The lowest BCUT2D eigenvalue weighted by atomic mass is 10.1. The summed E-state index contributed by atoms with van der Waals surface area (Å²) >= 11 is 0. The maximum Gasteiger partial charge on any atom is 0.217 e. The Morgan fingerprint density at radius 1 is 1.20 bits per heavy atom. The van der Waals surface area contributed by atoms with E-state index >= 15 is 0 Å². The molecule has 3 heteroatoms. The normalized spacial score (nSPS) is 10.3. The Kier molecular flexibility index (Phi) is 2.46. The van der Waals surface area contributed by atoms with Gasteiger partial charge in [0, 0.05) is 13.1 Å². The molecule has 0 aliphatic heterocycles. The van der Waals surface area contributed by atoms with E-state index in [-0.39, 0.29) is 0 Å². The molecule has 2 aromatic rings. The zero-order valence-corrected chi connectivity index (χ0v) is 9.19. The van der Waals surface area contributed by atoms with Gasteiger partial charge >= 0.3 is 0 Å². The van der Waals surface area contributed by atoms with Crippen molar-refractivity contribution in [2.75, 3.05) is 0 Å². The first-order valence-electron chi connectivity index (χ1n) is 4.90. The van der Waals surface area contributed by atoms with Gasteiger partial charge in [-0.2, -0.15) is 5.10 Å². The number of aryl methyl sites for hydroxylation is 2. The zero-order chi connectivity index (χ0) is 10.8. The van der Waals surface area contributed by atoms with Gasteiger partial charge in [-0.05, 0) is 31.0 Å². The minimum absolute atomic E-state index is 0.753. The highest BCUT2D eigenvalue weighted by Gasteiger charge is 2.05. The molecule has 0 unspecified atom stereocenters. The Hall–Kier alpha value is -1.77. The molecule has 1 aromatic heterocycles. The van der Waals surface area contributed by atoms with E-state index in [1.54, 1.807) is 10.9 Å². The van der Waals surface area contributed by atoms with Crippen LogP contribution in [0, 0.1) is 13.8 Å². The fourth-order valence-electron chi connectivity index (χ4n) is 1.41. The topological polar surface area (TPSA) is 27.1 Å². The highest BCUT2D eigenvalue weighted by molar-refractivity contribution is 5.40. The summed E-state index contributed by atoms with van der Waals surface area (Å²) in [5.74, 6) is 1.64.